The average molecular weight is 635 g/mol. The highest BCUT2D eigenvalue weighted by molar-refractivity contribution is 6.24. The van der Waals surface area contributed by atoms with E-state index in [4.69, 9.17) is 25.4 Å². The van der Waals surface area contributed by atoms with E-state index >= 15 is 0 Å². The summed E-state index contributed by atoms with van der Waals surface area (Å²) in [6, 6.07) is 0. The number of aliphatic imine (C=N–C) groups is 3. The SMILES string of the molecule is C=CC1=C(C)C2=NC1=CC1=NC(=CC3=C(C)C4=C(O)[C@H](C(=O)OC)C(=C5NC(=C2)[C@@H](C)[C@@H]5CCC(=O)NCCN)C4=N3)C(CC)=C1C. The van der Waals surface area contributed by atoms with Crippen molar-refractivity contribution in [3.05, 3.63) is 104 Å². The standard InChI is InChI=1S/C37H42N6O4/c1-8-21-17(3)24-14-26-19(5)23(10-11-30(44)39-13-12-38)34(42-26)32-33(37(46)47-7)36(45)31-20(6)27(43-35(31)32)16-29-22(9-2)18(4)25(41-29)15-28(21)40-24/h8,14-16,19,23,33,42,45H,1,9-13,38H2,2-7H3,(H,39,44)/t19-,23-,33+/m0/s1. The van der Waals surface area contributed by atoms with Crippen molar-refractivity contribution in [1.29, 1.82) is 0 Å². The van der Waals surface area contributed by atoms with E-state index < -0.39 is 11.9 Å². The number of aliphatic hydroxyl groups is 1. The summed E-state index contributed by atoms with van der Waals surface area (Å²) in [5, 5.41) is 18.2. The maximum absolute atomic E-state index is 13.4. The Hall–Kier alpha value is -4.83. The molecule has 0 aromatic carbocycles. The Labute approximate surface area is 275 Å². The van der Waals surface area contributed by atoms with Crippen LogP contribution in [0, 0.1) is 17.8 Å². The minimum absolute atomic E-state index is 0.0778. The molecule has 47 heavy (non-hydrogen) atoms. The number of nitrogens with two attached hydrogens (primary N) is 1. The third-order valence-corrected chi connectivity index (χ3v) is 10.0. The summed E-state index contributed by atoms with van der Waals surface area (Å²) in [7, 11) is 1.32. The molecule has 1 saturated heterocycles. The molecule has 0 spiro atoms. The van der Waals surface area contributed by atoms with Crippen molar-refractivity contribution in [2.45, 2.75) is 53.9 Å². The van der Waals surface area contributed by atoms with Crippen molar-refractivity contribution in [2.24, 2.45) is 38.5 Å². The van der Waals surface area contributed by atoms with Crippen LogP contribution >= 0.6 is 0 Å². The molecular weight excluding hydrogens is 592 g/mol. The number of allylic oxidation sites excluding steroid dienone is 11. The van der Waals surface area contributed by atoms with Gasteiger partial charge in [-0.15, -0.1) is 0 Å². The molecule has 6 rings (SSSR count). The minimum Gasteiger partial charge on any atom is -0.510 e. The molecule has 6 aliphatic rings. The fourth-order valence-corrected chi connectivity index (χ4v) is 7.36. The molecule has 1 fully saturated rings. The lowest BCUT2D eigenvalue weighted by atomic mass is 9.84. The third-order valence-electron chi connectivity index (χ3n) is 10.0. The summed E-state index contributed by atoms with van der Waals surface area (Å²) in [6.45, 7) is 15.1. The van der Waals surface area contributed by atoms with Crippen LogP contribution in [0.4, 0.5) is 0 Å². The van der Waals surface area contributed by atoms with Crippen LogP contribution in [0.25, 0.3) is 0 Å². The van der Waals surface area contributed by atoms with E-state index in [1.54, 1.807) is 0 Å². The molecule has 244 valence electrons. The van der Waals surface area contributed by atoms with Gasteiger partial charge in [0.25, 0.3) is 0 Å². The lowest BCUT2D eigenvalue weighted by Gasteiger charge is -2.20. The molecule has 5 heterocycles. The van der Waals surface area contributed by atoms with Crippen LogP contribution in [0.2, 0.25) is 0 Å². The first-order valence-electron chi connectivity index (χ1n) is 16.2. The second-order valence-electron chi connectivity index (χ2n) is 12.6. The first kappa shape index (κ1) is 32.1. The number of hydrogen-bond donors (Lipinski definition) is 4. The van der Waals surface area contributed by atoms with E-state index in [0.29, 0.717) is 42.1 Å². The molecule has 0 radical (unpaired) electrons. The molecule has 0 aromatic rings. The first-order chi connectivity index (χ1) is 22.5. The van der Waals surface area contributed by atoms with Crippen molar-refractivity contribution in [3.63, 3.8) is 0 Å². The van der Waals surface area contributed by atoms with E-state index in [1.807, 2.05) is 38.2 Å². The third kappa shape index (κ3) is 5.20. The van der Waals surface area contributed by atoms with E-state index in [0.717, 1.165) is 68.5 Å². The van der Waals surface area contributed by atoms with Gasteiger partial charge in [0, 0.05) is 59.5 Å². The summed E-state index contributed by atoms with van der Waals surface area (Å²) >= 11 is 0. The van der Waals surface area contributed by atoms with Gasteiger partial charge in [0.1, 0.15) is 11.7 Å². The lowest BCUT2D eigenvalue weighted by Crippen LogP contribution is -2.29. The van der Waals surface area contributed by atoms with Crippen LogP contribution in [-0.4, -0.2) is 54.3 Å². The van der Waals surface area contributed by atoms with Crippen LogP contribution in [0.1, 0.15) is 53.9 Å². The number of carbonyl (C=O) groups is 2. The normalized spacial score (nSPS) is 24.7. The molecule has 1 aliphatic carbocycles. The average Bonchev–Trinajstić information content (AvgIpc) is 3.79. The van der Waals surface area contributed by atoms with Gasteiger partial charge in [0.2, 0.25) is 5.91 Å². The number of ether oxygens (including phenoxy) is 1. The topological polar surface area (TPSA) is 151 Å². The van der Waals surface area contributed by atoms with Gasteiger partial charge < -0.3 is 26.2 Å². The second kappa shape index (κ2) is 12.4. The maximum atomic E-state index is 13.4. The second-order valence-corrected chi connectivity index (χ2v) is 12.6. The van der Waals surface area contributed by atoms with Crippen molar-refractivity contribution < 1.29 is 19.4 Å². The Balaban J connectivity index is 1.61. The van der Waals surface area contributed by atoms with Crippen molar-refractivity contribution >= 4 is 29.0 Å². The molecule has 1 amide bonds. The van der Waals surface area contributed by atoms with Crippen molar-refractivity contribution in [2.75, 3.05) is 20.2 Å². The summed E-state index contributed by atoms with van der Waals surface area (Å²) in [4.78, 5) is 41.3. The zero-order chi connectivity index (χ0) is 33.7. The number of aliphatic hydroxyl groups excluding tert-OH is 1. The summed E-state index contributed by atoms with van der Waals surface area (Å²) < 4.78 is 5.23. The molecule has 0 saturated carbocycles. The van der Waals surface area contributed by atoms with Gasteiger partial charge in [-0.3, -0.25) is 9.59 Å². The zero-order valence-electron chi connectivity index (χ0n) is 27.9. The van der Waals surface area contributed by atoms with Crippen molar-refractivity contribution in [3.8, 4) is 0 Å². The van der Waals surface area contributed by atoms with Crippen LogP contribution < -0.4 is 16.4 Å². The number of nitrogens with zero attached hydrogens (tertiary/aromatic N) is 3. The number of rotatable bonds is 8. The molecule has 8 bridgehead atoms. The van der Waals surface area contributed by atoms with Gasteiger partial charge in [0.15, 0.2) is 0 Å². The lowest BCUT2D eigenvalue weighted by molar-refractivity contribution is -0.143. The minimum atomic E-state index is -1.06. The number of hydrogen-bond acceptors (Lipinski definition) is 9. The van der Waals surface area contributed by atoms with Crippen molar-refractivity contribution in [1.82, 2.24) is 10.6 Å². The predicted molar refractivity (Wildman–Crippen MR) is 184 cm³/mol. The molecule has 0 aromatic heterocycles. The van der Waals surface area contributed by atoms with Gasteiger partial charge in [-0.25, -0.2) is 15.0 Å². The highest BCUT2D eigenvalue weighted by Gasteiger charge is 2.49. The Bertz CT molecular complexity index is 1870. The van der Waals surface area contributed by atoms with Gasteiger partial charge in [-0.2, -0.15) is 0 Å². The molecule has 10 nitrogen and oxygen atoms in total. The van der Waals surface area contributed by atoms with Gasteiger partial charge in [-0.1, -0.05) is 26.5 Å². The van der Waals surface area contributed by atoms with Crippen LogP contribution in [0.15, 0.2) is 119 Å². The Kier molecular flexibility index (Phi) is 8.48. The van der Waals surface area contributed by atoms with Crippen LogP contribution in [0.3, 0.4) is 0 Å². The Morgan fingerprint density at radius 1 is 1.09 bits per heavy atom. The number of carbonyl (C=O) groups excluding carboxylic acids is 2. The zero-order valence-corrected chi connectivity index (χ0v) is 27.9. The molecule has 5 aliphatic heterocycles. The Morgan fingerprint density at radius 3 is 2.49 bits per heavy atom. The molecular formula is C37H42N6O4. The summed E-state index contributed by atoms with van der Waals surface area (Å²) in [5.41, 5.74) is 17.6. The number of methoxy groups -OCH3 is 1. The smallest absolute Gasteiger partial charge is 0.321 e. The fraction of sp³-hybridized carbons (Fsp3) is 0.378. The highest BCUT2D eigenvalue weighted by Crippen LogP contribution is 2.49. The van der Waals surface area contributed by atoms with Gasteiger partial charge in [0.05, 0.1) is 41.3 Å². The van der Waals surface area contributed by atoms with Crippen LogP contribution in [0.5, 0.6) is 0 Å². The van der Waals surface area contributed by atoms with E-state index in [9.17, 15) is 14.7 Å². The largest absolute Gasteiger partial charge is 0.510 e. The number of fused-ring (bicyclic) bond motifs is 5. The van der Waals surface area contributed by atoms with Gasteiger partial charge >= 0.3 is 5.97 Å². The number of amides is 1. The fourth-order valence-electron chi connectivity index (χ4n) is 7.36. The first-order valence-corrected chi connectivity index (χ1v) is 16.2. The Morgan fingerprint density at radius 2 is 1.81 bits per heavy atom. The van der Waals surface area contributed by atoms with E-state index in [2.05, 4.69) is 38.0 Å². The number of esters is 1. The number of nitrogens with one attached hydrogen (secondary N) is 2. The highest BCUT2D eigenvalue weighted by atomic mass is 16.5. The van der Waals surface area contributed by atoms with E-state index in [1.165, 1.54) is 7.11 Å². The van der Waals surface area contributed by atoms with Gasteiger partial charge in [-0.05, 0) is 74.1 Å². The van der Waals surface area contributed by atoms with Crippen LogP contribution in [-0.2, 0) is 14.3 Å². The molecule has 5 N–H and O–H groups in total. The molecule has 10 heteroatoms. The predicted octanol–water partition coefficient (Wildman–Crippen LogP) is 5.10. The molecule has 0 unspecified atom stereocenters. The molecule has 3 atom stereocenters. The monoisotopic (exact) mass is 634 g/mol. The quantitative estimate of drug-likeness (QED) is 0.273. The van der Waals surface area contributed by atoms with E-state index in [-0.39, 0.29) is 29.9 Å². The summed E-state index contributed by atoms with van der Waals surface area (Å²) in [5.74, 6) is -2.09. The summed E-state index contributed by atoms with van der Waals surface area (Å²) in [6.07, 6.45) is 9.38. The maximum Gasteiger partial charge on any atom is 0.321 e.